The maximum Gasteiger partial charge on any atom is 0.256 e. The van der Waals surface area contributed by atoms with Gasteiger partial charge in [-0.25, -0.2) is 0 Å². The van der Waals surface area contributed by atoms with Crippen LogP contribution in [0.4, 0.5) is 17.1 Å². The van der Waals surface area contributed by atoms with Crippen molar-refractivity contribution in [3.8, 4) is 39.8 Å². The monoisotopic (exact) mass is 742 g/mol. The van der Waals surface area contributed by atoms with Crippen molar-refractivity contribution in [2.24, 2.45) is 0 Å². The molecule has 9 aromatic rings. The van der Waals surface area contributed by atoms with Gasteiger partial charge in [0.25, 0.3) is 13.4 Å². The second kappa shape index (κ2) is 11.4. The quantitative estimate of drug-likeness (QED) is 0.166. The van der Waals surface area contributed by atoms with Gasteiger partial charge in [-0.3, -0.25) is 0 Å². The summed E-state index contributed by atoms with van der Waals surface area (Å²) in [6, 6.07) is 53.9. The lowest BCUT2D eigenvalue weighted by molar-refractivity contribution is 0.459. The first-order valence-electron chi connectivity index (χ1n) is 20.3. The average Bonchev–Trinajstić information content (AvgIpc) is 3.58. The van der Waals surface area contributed by atoms with Crippen LogP contribution in [0.2, 0.25) is 0 Å². The lowest BCUT2D eigenvalue weighted by atomic mass is 9.29. The first-order chi connectivity index (χ1) is 28.4. The van der Waals surface area contributed by atoms with Crippen LogP contribution in [0.15, 0.2) is 146 Å². The zero-order valence-electron chi connectivity index (χ0n) is 32.7. The highest BCUT2D eigenvalue weighted by molar-refractivity contribution is 7.03. The Labute approximate surface area is 338 Å². The number of fused-ring (bicyclic) bond motifs is 13. The van der Waals surface area contributed by atoms with Gasteiger partial charge in [0.2, 0.25) is 0 Å². The zero-order chi connectivity index (χ0) is 38.6. The molecule has 0 fully saturated rings. The third kappa shape index (κ3) is 4.17. The molecular weight excluding hydrogens is 706 g/mol. The molecular formula is C52H36B2N2O2. The van der Waals surface area contributed by atoms with Gasteiger partial charge in [0, 0.05) is 39.1 Å². The van der Waals surface area contributed by atoms with Gasteiger partial charge < -0.3 is 18.9 Å². The third-order valence-electron chi connectivity index (χ3n) is 13.2. The number of hydrogen-bond acceptors (Lipinski definition) is 3. The standard InChI is InChI=1S/C52H36B2N2O2/c1-29-14-19-44-38(24-29)53-40-25-30(2)15-22-46(40)57-51-32(4)52-49-50(48(51)53)56(44)45-21-18-34(28-39(45)54(49)41-26-31(3)16-23-47(41)58-52)33-17-20-43-37(27-33)36-12-8-9-13-42(36)55(43)35-10-6-5-7-11-35/h5-28H,1-4H3. The fourth-order valence-electron chi connectivity index (χ4n) is 10.7. The van der Waals surface area contributed by atoms with E-state index in [2.05, 4.69) is 183 Å². The maximum atomic E-state index is 7.05. The van der Waals surface area contributed by atoms with E-state index in [0.29, 0.717) is 0 Å². The summed E-state index contributed by atoms with van der Waals surface area (Å²) in [6.45, 7) is 8.77. The Morgan fingerprint density at radius 3 is 1.67 bits per heavy atom. The number of hydrogen-bond donors (Lipinski definition) is 0. The minimum atomic E-state index is -0.0286. The number of benzene rings is 8. The van der Waals surface area contributed by atoms with Crippen LogP contribution in [0, 0.1) is 27.7 Å². The summed E-state index contributed by atoms with van der Waals surface area (Å²) in [5.74, 6) is 3.67. The van der Waals surface area contributed by atoms with Gasteiger partial charge in [-0.2, -0.15) is 0 Å². The van der Waals surface area contributed by atoms with E-state index in [1.807, 2.05) is 0 Å². The molecule has 0 saturated carbocycles. The molecule has 0 spiro atoms. The Balaban J connectivity index is 1.09. The average molecular weight is 742 g/mol. The van der Waals surface area contributed by atoms with E-state index in [1.165, 1.54) is 105 Å². The van der Waals surface area contributed by atoms with Crippen LogP contribution in [-0.2, 0) is 0 Å². The highest BCUT2D eigenvalue weighted by Crippen LogP contribution is 2.48. The van der Waals surface area contributed by atoms with Gasteiger partial charge in [0.05, 0.1) is 11.0 Å². The predicted octanol–water partition coefficient (Wildman–Crippen LogP) is 9.02. The highest BCUT2D eigenvalue weighted by Gasteiger charge is 2.51. The number of ether oxygens (including phenoxy) is 2. The van der Waals surface area contributed by atoms with Crippen molar-refractivity contribution < 1.29 is 9.47 Å². The van der Waals surface area contributed by atoms with E-state index in [-0.39, 0.29) is 13.4 Å². The highest BCUT2D eigenvalue weighted by atomic mass is 16.5. The summed E-state index contributed by atoms with van der Waals surface area (Å²) < 4.78 is 16.4. The first-order valence-corrected chi connectivity index (χ1v) is 20.3. The minimum absolute atomic E-state index is 0.0286. The van der Waals surface area contributed by atoms with Crippen molar-refractivity contribution in [2.75, 3.05) is 4.90 Å². The molecule has 0 atom stereocenters. The summed E-state index contributed by atoms with van der Waals surface area (Å²) in [6.07, 6.45) is 0. The van der Waals surface area contributed by atoms with Gasteiger partial charge in [-0.15, -0.1) is 0 Å². The van der Waals surface area contributed by atoms with Crippen molar-refractivity contribution >= 4 is 85.1 Å². The van der Waals surface area contributed by atoms with Crippen LogP contribution >= 0.6 is 0 Å². The Kier molecular flexibility index (Phi) is 6.31. The second-order valence-corrected chi connectivity index (χ2v) is 16.7. The molecule has 0 bridgehead atoms. The Morgan fingerprint density at radius 2 is 0.983 bits per heavy atom. The van der Waals surface area contributed by atoms with Gasteiger partial charge in [-0.05, 0) is 126 Å². The molecule has 0 radical (unpaired) electrons. The number of rotatable bonds is 2. The molecule has 13 rings (SSSR count). The lowest BCUT2D eigenvalue weighted by Gasteiger charge is -2.47. The van der Waals surface area contributed by atoms with Crippen LogP contribution in [0.5, 0.6) is 23.0 Å². The van der Waals surface area contributed by atoms with Gasteiger partial charge in [-0.1, -0.05) is 108 Å². The lowest BCUT2D eigenvalue weighted by Crippen LogP contribution is -2.67. The number of anilines is 3. The van der Waals surface area contributed by atoms with Crippen LogP contribution < -0.4 is 47.2 Å². The SMILES string of the molecule is Cc1ccc2c(c1)B1c3cc(C)ccc3N3c4ccc(-c5ccc6c(c5)c5ccccc5n6-c5ccccc5)cc4B4c5cc(C)ccc5Oc5c(C)c(c1c3c54)O2. The van der Waals surface area contributed by atoms with Crippen molar-refractivity contribution in [2.45, 2.75) is 27.7 Å². The van der Waals surface area contributed by atoms with Crippen LogP contribution in [-0.4, -0.2) is 18.0 Å². The second-order valence-electron chi connectivity index (χ2n) is 16.7. The number of nitrogens with zero attached hydrogens (tertiary/aromatic N) is 2. The zero-order valence-corrected chi connectivity index (χ0v) is 32.7. The molecule has 0 amide bonds. The Morgan fingerprint density at radius 1 is 0.448 bits per heavy atom. The van der Waals surface area contributed by atoms with Crippen LogP contribution in [0.1, 0.15) is 22.3 Å². The van der Waals surface area contributed by atoms with Gasteiger partial charge >= 0.3 is 0 Å². The molecule has 8 aromatic carbocycles. The molecule has 4 nitrogen and oxygen atoms in total. The summed E-state index contributed by atoms with van der Waals surface area (Å²) in [7, 11) is 0. The topological polar surface area (TPSA) is 26.6 Å². The molecule has 0 aliphatic carbocycles. The van der Waals surface area contributed by atoms with Crippen molar-refractivity contribution in [1.29, 1.82) is 0 Å². The largest absolute Gasteiger partial charge is 0.458 e. The minimum Gasteiger partial charge on any atom is -0.458 e. The van der Waals surface area contributed by atoms with Crippen LogP contribution in [0.25, 0.3) is 38.6 Å². The number of aromatic nitrogens is 1. The molecule has 6 heteroatoms. The maximum absolute atomic E-state index is 7.05. The van der Waals surface area contributed by atoms with E-state index in [1.54, 1.807) is 0 Å². The fourth-order valence-corrected chi connectivity index (χ4v) is 10.7. The predicted molar refractivity (Wildman–Crippen MR) is 242 cm³/mol. The van der Waals surface area contributed by atoms with Crippen molar-refractivity contribution in [1.82, 2.24) is 4.57 Å². The van der Waals surface area contributed by atoms with Crippen LogP contribution in [0.3, 0.4) is 0 Å². The summed E-state index contributed by atoms with van der Waals surface area (Å²) in [5, 5.41) is 2.50. The molecule has 5 heterocycles. The summed E-state index contributed by atoms with van der Waals surface area (Å²) in [5.41, 5.74) is 21.9. The summed E-state index contributed by atoms with van der Waals surface area (Å²) >= 11 is 0. The van der Waals surface area contributed by atoms with E-state index < -0.39 is 0 Å². The van der Waals surface area contributed by atoms with Crippen molar-refractivity contribution in [3.05, 3.63) is 168 Å². The van der Waals surface area contributed by atoms with E-state index in [0.717, 1.165) is 28.6 Å². The Bertz CT molecular complexity index is 3310. The third-order valence-corrected chi connectivity index (χ3v) is 13.2. The molecule has 0 N–H and O–H groups in total. The van der Waals surface area contributed by atoms with E-state index in [9.17, 15) is 0 Å². The van der Waals surface area contributed by atoms with Gasteiger partial charge in [0.1, 0.15) is 23.0 Å². The van der Waals surface area contributed by atoms with E-state index in [4.69, 9.17) is 9.47 Å². The fraction of sp³-hybridized carbons (Fsp3) is 0.0769. The summed E-state index contributed by atoms with van der Waals surface area (Å²) in [4.78, 5) is 2.53. The van der Waals surface area contributed by atoms with Crippen molar-refractivity contribution in [3.63, 3.8) is 0 Å². The molecule has 0 unspecified atom stereocenters. The molecule has 1 aromatic heterocycles. The first kappa shape index (κ1) is 32.2. The molecule has 4 aliphatic rings. The number of aryl methyl sites for hydroxylation is 3. The normalized spacial score (nSPS) is 13.7. The molecule has 0 saturated heterocycles. The van der Waals surface area contributed by atoms with E-state index >= 15 is 0 Å². The number of para-hydroxylation sites is 2. The smallest absolute Gasteiger partial charge is 0.256 e. The molecule has 58 heavy (non-hydrogen) atoms. The molecule has 4 aliphatic heterocycles. The molecule has 272 valence electrons. The van der Waals surface area contributed by atoms with Gasteiger partial charge in [0.15, 0.2) is 0 Å². The Hall–Kier alpha value is -6.91.